The summed E-state index contributed by atoms with van der Waals surface area (Å²) in [5.74, 6) is -0.252. The summed E-state index contributed by atoms with van der Waals surface area (Å²) in [5.41, 5.74) is 2.31. The molecule has 2 aromatic carbocycles. The van der Waals surface area contributed by atoms with E-state index < -0.39 is 11.6 Å². The zero-order chi connectivity index (χ0) is 19.5. The smallest absolute Gasteiger partial charge is 0.228 e. The molecule has 2 heterocycles. The van der Waals surface area contributed by atoms with Gasteiger partial charge in [-0.05, 0) is 42.3 Å². The standard InChI is InChI=1S/C21H23F2N3O2/c22-16-2-5-20(18(23)14-16)26-9-7-25(8-10-26)6-1-11-28-17-3-4-19-15(12-17)13-21(27)24-19/h2-5,12,14H,1,6-11,13H2,(H,24,27). The number of hydrogen-bond donors (Lipinski definition) is 1. The number of nitrogens with one attached hydrogen (secondary N) is 1. The van der Waals surface area contributed by atoms with Gasteiger partial charge in [0, 0.05) is 44.5 Å². The van der Waals surface area contributed by atoms with Crippen molar-refractivity contribution in [1.29, 1.82) is 0 Å². The Hall–Kier alpha value is -2.67. The highest BCUT2D eigenvalue weighted by molar-refractivity contribution is 5.99. The van der Waals surface area contributed by atoms with Crippen molar-refractivity contribution in [3.63, 3.8) is 0 Å². The molecule has 28 heavy (non-hydrogen) atoms. The minimum atomic E-state index is -0.550. The molecular formula is C21H23F2N3O2. The van der Waals surface area contributed by atoms with Gasteiger partial charge >= 0.3 is 0 Å². The lowest BCUT2D eigenvalue weighted by molar-refractivity contribution is -0.115. The number of hydrogen-bond acceptors (Lipinski definition) is 4. The molecule has 1 fully saturated rings. The first-order valence-electron chi connectivity index (χ1n) is 9.56. The fraction of sp³-hybridized carbons (Fsp3) is 0.381. The van der Waals surface area contributed by atoms with Crippen LogP contribution in [0.1, 0.15) is 12.0 Å². The largest absolute Gasteiger partial charge is 0.494 e. The molecule has 1 N–H and O–H groups in total. The molecular weight excluding hydrogens is 364 g/mol. The van der Waals surface area contributed by atoms with Crippen LogP contribution in [-0.2, 0) is 11.2 Å². The molecule has 1 saturated heterocycles. The summed E-state index contributed by atoms with van der Waals surface area (Å²) >= 11 is 0. The number of rotatable bonds is 6. The van der Waals surface area contributed by atoms with E-state index in [4.69, 9.17) is 4.74 Å². The molecule has 0 radical (unpaired) electrons. The van der Waals surface area contributed by atoms with Crippen molar-refractivity contribution in [3.8, 4) is 5.75 Å². The highest BCUT2D eigenvalue weighted by Crippen LogP contribution is 2.27. The number of fused-ring (bicyclic) bond motifs is 1. The number of piperazine rings is 1. The van der Waals surface area contributed by atoms with Crippen LogP contribution in [0.15, 0.2) is 36.4 Å². The minimum absolute atomic E-state index is 0.0202. The molecule has 0 aliphatic carbocycles. The molecule has 2 aliphatic heterocycles. The van der Waals surface area contributed by atoms with E-state index in [1.165, 1.54) is 12.1 Å². The molecule has 7 heteroatoms. The van der Waals surface area contributed by atoms with Crippen LogP contribution in [-0.4, -0.2) is 50.1 Å². The summed E-state index contributed by atoms with van der Waals surface area (Å²) in [6, 6.07) is 9.41. The Kier molecular flexibility index (Phi) is 5.43. The van der Waals surface area contributed by atoms with Gasteiger partial charge < -0.3 is 15.0 Å². The molecule has 0 unspecified atom stereocenters. The highest BCUT2D eigenvalue weighted by Gasteiger charge is 2.20. The van der Waals surface area contributed by atoms with E-state index >= 15 is 0 Å². The topological polar surface area (TPSA) is 44.8 Å². The zero-order valence-corrected chi connectivity index (χ0v) is 15.6. The van der Waals surface area contributed by atoms with E-state index in [0.29, 0.717) is 18.7 Å². The van der Waals surface area contributed by atoms with Gasteiger partial charge in [-0.15, -0.1) is 0 Å². The van der Waals surface area contributed by atoms with E-state index in [0.717, 1.165) is 62.2 Å². The predicted octanol–water partition coefficient (Wildman–Crippen LogP) is 3.05. The van der Waals surface area contributed by atoms with Gasteiger partial charge in [-0.1, -0.05) is 0 Å². The molecule has 4 rings (SSSR count). The van der Waals surface area contributed by atoms with Crippen LogP contribution in [0.5, 0.6) is 5.75 Å². The van der Waals surface area contributed by atoms with Crippen molar-refractivity contribution in [2.75, 3.05) is 49.5 Å². The predicted molar refractivity (Wildman–Crippen MR) is 104 cm³/mol. The molecule has 2 aromatic rings. The average molecular weight is 387 g/mol. The fourth-order valence-corrected chi connectivity index (χ4v) is 3.72. The van der Waals surface area contributed by atoms with Crippen molar-refractivity contribution in [1.82, 2.24) is 4.90 Å². The lowest BCUT2D eigenvalue weighted by Gasteiger charge is -2.36. The summed E-state index contributed by atoms with van der Waals surface area (Å²) < 4.78 is 32.8. The van der Waals surface area contributed by atoms with Crippen LogP contribution in [0.4, 0.5) is 20.2 Å². The van der Waals surface area contributed by atoms with Crippen molar-refractivity contribution < 1.29 is 18.3 Å². The van der Waals surface area contributed by atoms with Gasteiger partial charge in [0.2, 0.25) is 5.91 Å². The van der Waals surface area contributed by atoms with Gasteiger partial charge in [0.05, 0.1) is 18.7 Å². The first-order valence-corrected chi connectivity index (χ1v) is 9.56. The molecule has 148 valence electrons. The second-order valence-electron chi connectivity index (χ2n) is 7.17. The maximum absolute atomic E-state index is 13.9. The Labute approximate surface area is 162 Å². The van der Waals surface area contributed by atoms with E-state index in [1.54, 1.807) is 0 Å². The number of halogens is 2. The molecule has 1 amide bonds. The SMILES string of the molecule is O=C1Cc2cc(OCCCN3CCN(c4ccc(F)cc4F)CC3)ccc2N1. The number of ether oxygens (including phenoxy) is 1. The number of carbonyl (C=O) groups excluding carboxylic acids is 1. The van der Waals surface area contributed by atoms with E-state index in [1.807, 2.05) is 23.1 Å². The maximum Gasteiger partial charge on any atom is 0.228 e. The minimum Gasteiger partial charge on any atom is -0.494 e. The lowest BCUT2D eigenvalue weighted by Crippen LogP contribution is -2.47. The Balaban J connectivity index is 1.19. The Bertz CT molecular complexity index is 867. The van der Waals surface area contributed by atoms with Crippen LogP contribution in [0.25, 0.3) is 0 Å². The first kappa shape index (κ1) is 18.7. The van der Waals surface area contributed by atoms with E-state index in [-0.39, 0.29) is 5.91 Å². The Morgan fingerprint density at radius 3 is 2.64 bits per heavy atom. The molecule has 0 spiro atoms. The maximum atomic E-state index is 13.9. The second-order valence-corrected chi connectivity index (χ2v) is 7.17. The Morgan fingerprint density at radius 1 is 1.04 bits per heavy atom. The lowest BCUT2D eigenvalue weighted by atomic mass is 10.1. The summed E-state index contributed by atoms with van der Waals surface area (Å²) in [5, 5.41) is 2.81. The van der Waals surface area contributed by atoms with E-state index in [9.17, 15) is 13.6 Å². The van der Waals surface area contributed by atoms with Crippen molar-refractivity contribution in [2.24, 2.45) is 0 Å². The van der Waals surface area contributed by atoms with Crippen LogP contribution in [0.3, 0.4) is 0 Å². The molecule has 0 bridgehead atoms. The van der Waals surface area contributed by atoms with Crippen LogP contribution >= 0.6 is 0 Å². The summed E-state index contributed by atoms with van der Waals surface area (Å²) in [6.07, 6.45) is 1.30. The van der Waals surface area contributed by atoms with Gasteiger partial charge in [0.25, 0.3) is 0 Å². The molecule has 0 aromatic heterocycles. The van der Waals surface area contributed by atoms with Gasteiger partial charge in [-0.2, -0.15) is 0 Å². The molecule has 0 atom stereocenters. The summed E-state index contributed by atoms with van der Waals surface area (Å²) in [6.45, 7) is 4.62. The number of amides is 1. The summed E-state index contributed by atoms with van der Waals surface area (Å²) in [7, 11) is 0. The second kappa shape index (κ2) is 8.14. The van der Waals surface area contributed by atoms with Gasteiger partial charge in [0.15, 0.2) is 0 Å². The monoisotopic (exact) mass is 387 g/mol. The quantitative estimate of drug-likeness (QED) is 0.774. The number of anilines is 2. The Morgan fingerprint density at radius 2 is 1.86 bits per heavy atom. The number of carbonyl (C=O) groups is 1. The van der Waals surface area contributed by atoms with Crippen LogP contribution < -0.4 is 15.0 Å². The third-order valence-electron chi connectivity index (χ3n) is 5.21. The highest BCUT2D eigenvalue weighted by atomic mass is 19.1. The average Bonchev–Trinajstić information content (AvgIpc) is 3.05. The molecule has 5 nitrogen and oxygen atoms in total. The van der Waals surface area contributed by atoms with Crippen LogP contribution in [0, 0.1) is 11.6 Å². The van der Waals surface area contributed by atoms with Crippen LogP contribution in [0.2, 0.25) is 0 Å². The van der Waals surface area contributed by atoms with Crippen molar-refractivity contribution >= 4 is 17.3 Å². The van der Waals surface area contributed by atoms with Gasteiger partial charge in [-0.25, -0.2) is 8.78 Å². The number of nitrogens with zero attached hydrogens (tertiary/aromatic N) is 2. The number of benzene rings is 2. The van der Waals surface area contributed by atoms with Crippen molar-refractivity contribution in [2.45, 2.75) is 12.8 Å². The molecule has 2 aliphatic rings. The van der Waals surface area contributed by atoms with E-state index in [2.05, 4.69) is 10.2 Å². The zero-order valence-electron chi connectivity index (χ0n) is 15.6. The van der Waals surface area contributed by atoms with Crippen molar-refractivity contribution in [3.05, 3.63) is 53.6 Å². The van der Waals surface area contributed by atoms with Gasteiger partial charge in [-0.3, -0.25) is 9.69 Å². The normalized spacial score (nSPS) is 16.8. The van der Waals surface area contributed by atoms with Gasteiger partial charge in [0.1, 0.15) is 17.4 Å². The fourth-order valence-electron chi connectivity index (χ4n) is 3.72. The summed E-state index contributed by atoms with van der Waals surface area (Å²) in [4.78, 5) is 15.7. The third-order valence-corrected chi connectivity index (χ3v) is 5.21. The third kappa shape index (κ3) is 4.25. The molecule has 0 saturated carbocycles. The first-order chi connectivity index (χ1) is 13.6.